The summed E-state index contributed by atoms with van der Waals surface area (Å²) in [5.41, 5.74) is 0.679. The van der Waals surface area contributed by atoms with Crippen molar-refractivity contribution in [3.05, 3.63) is 32.7 Å². The van der Waals surface area contributed by atoms with Gasteiger partial charge in [-0.2, -0.15) is 0 Å². The summed E-state index contributed by atoms with van der Waals surface area (Å²) in [6.07, 6.45) is 3.89. The monoisotopic (exact) mass is 402 g/mol. The Hall–Kier alpha value is -0.390. The number of rotatable bonds is 4. The maximum Gasteiger partial charge on any atom is 0.252 e. The van der Waals surface area contributed by atoms with Crippen LogP contribution in [0.2, 0.25) is 0 Å². The molecule has 1 saturated heterocycles. The van der Waals surface area contributed by atoms with Gasteiger partial charge in [0, 0.05) is 21.5 Å². The Balaban J connectivity index is 1.89. The van der Waals surface area contributed by atoms with E-state index in [9.17, 15) is 4.79 Å². The highest BCUT2D eigenvalue weighted by atomic mass is 79.9. The predicted molar refractivity (Wildman–Crippen MR) is 89.1 cm³/mol. The van der Waals surface area contributed by atoms with Crippen LogP contribution in [0.25, 0.3) is 0 Å². The van der Waals surface area contributed by atoms with Gasteiger partial charge < -0.3 is 10.2 Å². The lowest BCUT2D eigenvalue weighted by Crippen LogP contribution is -2.43. The summed E-state index contributed by atoms with van der Waals surface area (Å²) in [6, 6.07) is 5.77. The number of nitrogens with one attached hydrogen (secondary N) is 1. The smallest absolute Gasteiger partial charge is 0.252 e. The van der Waals surface area contributed by atoms with Gasteiger partial charge in [0.05, 0.1) is 5.56 Å². The summed E-state index contributed by atoms with van der Waals surface area (Å²) in [5, 5.41) is 3.08. The minimum Gasteiger partial charge on any atom is -0.348 e. The molecular formula is C15H20Br2N2O. The van der Waals surface area contributed by atoms with E-state index in [-0.39, 0.29) is 11.9 Å². The third-order valence-corrected chi connectivity index (χ3v) is 4.68. The highest BCUT2D eigenvalue weighted by Gasteiger charge is 2.17. The first-order valence-corrected chi connectivity index (χ1v) is 8.63. The summed E-state index contributed by atoms with van der Waals surface area (Å²) in [7, 11) is 0. The van der Waals surface area contributed by atoms with E-state index in [2.05, 4.69) is 49.0 Å². The number of hydrogen-bond donors (Lipinski definition) is 1. The van der Waals surface area contributed by atoms with Gasteiger partial charge in [0.1, 0.15) is 0 Å². The molecule has 1 fully saturated rings. The quantitative estimate of drug-likeness (QED) is 0.828. The van der Waals surface area contributed by atoms with Crippen LogP contribution in [0.1, 0.15) is 36.5 Å². The standard InChI is InChI=1S/C15H20Br2N2O/c1-11(10-19-7-3-2-4-8-19)18-15(20)13-6-5-12(16)9-14(13)17/h5-6,9,11H,2-4,7-8,10H2,1H3,(H,18,20). The second-order valence-electron chi connectivity index (χ2n) is 5.36. The molecular weight excluding hydrogens is 384 g/mol. The Kier molecular flexibility index (Phi) is 6.05. The number of likely N-dealkylation sites (tertiary alicyclic amines) is 1. The van der Waals surface area contributed by atoms with Crippen molar-refractivity contribution >= 4 is 37.8 Å². The number of piperidine rings is 1. The van der Waals surface area contributed by atoms with Crippen LogP contribution in [0.4, 0.5) is 0 Å². The van der Waals surface area contributed by atoms with Gasteiger partial charge in [0.2, 0.25) is 0 Å². The number of nitrogens with zero attached hydrogens (tertiary/aromatic N) is 1. The fourth-order valence-corrected chi connectivity index (χ4v) is 3.78. The normalized spacial score (nSPS) is 17.8. The van der Waals surface area contributed by atoms with Crippen molar-refractivity contribution in [1.29, 1.82) is 0 Å². The Bertz CT molecular complexity index is 473. The largest absolute Gasteiger partial charge is 0.348 e. The molecule has 20 heavy (non-hydrogen) atoms. The van der Waals surface area contributed by atoms with Crippen LogP contribution in [-0.4, -0.2) is 36.5 Å². The molecule has 0 saturated carbocycles. The molecule has 3 nitrogen and oxygen atoms in total. The maximum atomic E-state index is 12.3. The fraction of sp³-hybridized carbons (Fsp3) is 0.533. The lowest BCUT2D eigenvalue weighted by atomic mass is 10.1. The molecule has 1 aromatic carbocycles. The molecule has 1 heterocycles. The van der Waals surface area contributed by atoms with E-state index in [0.717, 1.165) is 28.6 Å². The van der Waals surface area contributed by atoms with Gasteiger partial charge in [0.25, 0.3) is 5.91 Å². The predicted octanol–water partition coefficient (Wildman–Crippen LogP) is 3.82. The highest BCUT2D eigenvalue weighted by Crippen LogP contribution is 2.22. The first-order chi connectivity index (χ1) is 9.56. The topological polar surface area (TPSA) is 32.3 Å². The molecule has 1 unspecified atom stereocenters. The van der Waals surface area contributed by atoms with Gasteiger partial charge in [-0.1, -0.05) is 22.4 Å². The van der Waals surface area contributed by atoms with Crippen LogP contribution < -0.4 is 5.32 Å². The molecule has 5 heteroatoms. The second kappa shape index (κ2) is 7.57. The van der Waals surface area contributed by atoms with Crippen LogP contribution in [0, 0.1) is 0 Å². The molecule has 1 atom stereocenters. The molecule has 0 aromatic heterocycles. The first-order valence-electron chi connectivity index (χ1n) is 7.04. The van der Waals surface area contributed by atoms with E-state index >= 15 is 0 Å². The zero-order valence-electron chi connectivity index (χ0n) is 11.7. The summed E-state index contributed by atoms with van der Waals surface area (Å²) in [4.78, 5) is 14.7. The number of hydrogen-bond acceptors (Lipinski definition) is 2. The van der Waals surface area contributed by atoms with E-state index in [4.69, 9.17) is 0 Å². The van der Waals surface area contributed by atoms with E-state index in [1.807, 2.05) is 18.2 Å². The van der Waals surface area contributed by atoms with E-state index in [1.54, 1.807) is 0 Å². The van der Waals surface area contributed by atoms with Gasteiger partial charge in [0.15, 0.2) is 0 Å². The molecule has 1 aromatic rings. The molecule has 1 N–H and O–H groups in total. The molecule has 1 aliphatic rings. The molecule has 0 aliphatic carbocycles. The highest BCUT2D eigenvalue weighted by molar-refractivity contribution is 9.11. The fourth-order valence-electron chi connectivity index (χ4n) is 2.55. The summed E-state index contributed by atoms with van der Waals surface area (Å²) in [6.45, 7) is 5.31. The van der Waals surface area contributed by atoms with Gasteiger partial charge in [-0.3, -0.25) is 4.79 Å². The van der Waals surface area contributed by atoms with Gasteiger partial charge in [-0.05, 0) is 67.0 Å². The summed E-state index contributed by atoms with van der Waals surface area (Å²) >= 11 is 6.83. The minimum absolute atomic E-state index is 0.0196. The van der Waals surface area contributed by atoms with E-state index in [0.29, 0.717) is 5.56 Å². The molecule has 0 radical (unpaired) electrons. The van der Waals surface area contributed by atoms with Crippen molar-refractivity contribution in [3.63, 3.8) is 0 Å². The molecule has 1 amide bonds. The van der Waals surface area contributed by atoms with E-state index in [1.165, 1.54) is 19.3 Å². The number of carbonyl (C=O) groups excluding carboxylic acids is 1. The summed E-state index contributed by atoms with van der Waals surface area (Å²) < 4.78 is 1.77. The Morgan fingerprint density at radius 1 is 1.30 bits per heavy atom. The van der Waals surface area contributed by atoms with Crippen molar-refractivity contribution in [1.82, 2.24) is 10.2 Å². The van der Waals surface area contributed by atoms with Crippen LogP contribution >= 0.6 is 31.9 Å². The molecule has 0 spiro atoms. The van der Waals surface area contributed by atoms with Crippen LogP contribution in [-0.2, 0) is 0 Å². The zero-order chi connectivity index (χ0) is 14.5. The molecule has 0 bridgehead atoms. The SMILES string of the molecule is CC(CN1CCCCC1)NC(=O)c1ccc(Br)cc1Br. The van der Waals surface area contributed by atoms with Crippen LogP contribution in [0.5, 0.6) is 0 Å². The van der Waals surface area contributed by atoms with Crippen LogP contribution in [0.15, 0.2) is 27.1 Å². The third-order valence-electron chi connectivity index (χ3n) is 3.53. The van der Waals surface area contributed by atoms with Crippen molar-refractivity contribution in [2.75, 3.05) is 19.6 Å². The average molecular weight is 404 g/mol. The molecule has 110 valence electrons. The van der Waals surface area contributed by atoms with Crippen molar-refractivity contribution in [2.24, 2.45) is 0 Å². The Morgan fingerprint density at radius 3 is 2.65 bits per heavy atom. The lowest BCUT2D eigenvalue weighted by molar-refractivity contribution is 0.0925. The van der Waals surface area contributed by atoms with Crippen molar-refractivity contribution in [3.8, 4) is 0 Å². The number of benzene rings is 1. The second-order valence-corrected chi connectivity index (χ2v) is 7.13. The van der Waals surface area contributed by atoms with Gasteiger partial charge in [-0.25, -0.2) is 0 Å². The zero-order valence-corrected chi connectivity index (χ0v) is 14.8. The van der Waals surface area contributed by atoms with Gasteiger partial charge in [-0.15, -0.1) is 0 Å². The number of halogens is 2. The van der Waals surface area contributed by atoms with Crippen molar-refractivity contribution < 1.29 is 4.79 Å². The Morgan fingerprint density at radius 2 is 2.00 bits per heavy atom. The molecule has 2 rings (SSSR count). The minimum atomic E-state index is -0.0196. The number of amides is 1. The first kappa shape index (κ1) is 16.0. The number of carbonyl (C=O) groups is 1. The summed E-state index contributed by atoms with van der Waals surface area (Å²) in [5.74, 6) is -0.0196. The Labute approximate surface area is 137 Å². The van der Waals surface area contributed by atoms with Crippen molar-refractivity contribution in [2.45, 2.75) is 32.2 Å². The third kappa shape index (κ3) is 4.57. The average Bonchev–Trinajstić information content (AvgIpc) is 2.39. The van der Waals surface area contributed by atoms with Crippen LogP contribution in [0.3, 0.4) is 0 Å². The van der Waals surface area contributed by atoms with E-state index < -0.39 is 0 Å². The lowest BCUT2D eigenvalue weighted by Gasteiger charge is -2.29. The molecule has 1 aliphatic heterocycles. The maximum absolute atomic E-state index is 12.3. The van der Waals surface area contributed by atoms with Gasteiger partial charge >= 0.3 is 0 Å².